The van der Waals surface area contributed by atoms with E-state index in [1.807, 2.05) is 30.3 Å². The molecule has 0 bridgehead atoms. The van der Waals surface area contributed by atoms with E-state index >= 15 is 0 Å². The third-order valence-corrected chi connectivity index (χ3v) is 4.26. The molecular weight excluding hydrogens is 386 g/mol. The monoisotopic (exact) mass is 401 g/mol. The Bertz CT molecular complexity index is 1230. The molecule has 2 heterocycles. The predicted molar refractivity (Wildman–Crippen MR) is 109 cm³/mol. The van der Waals surface area contributed by atoms with Crippen LogP contribution >= 0.6 is 0 Å². The van der Waals surface area contributed by atoms with E-state index in [9.17, 15) is 14.9 Å². The summed E-state index contributed by atoms with van der Waals surface area (Å²) < 4.78 is 0. The van der Waals surface area contributed by atoms with Crippen LogP contribution in [0.2, 0.25) is 0 Å². The largest absolute Gasteiger partial charge is 0.273 e. The van der Waals surface area contributed by atoms with E-state index in [-0.39, 0.29) is 24.0 Å². The first-order valence-corrected chi connectivity index (χ1v) is 8.91. The van der Waals surface area contributed by atoms with Crippen LogP contribution < -0.4 is 10.9 Å². The summed E-state index contributed by atoms with van der Waals surface area (Å²) in [6, 6.07) is 15.4. The molecule has 2 N–H and O–H groups in total. The molecule has 10 heteroatoms. The Labute approximate surface area is 170 Å². The molecule has 4 rings (SSSR count). The summed E-state index contributed by atoms with van der Waals surface area (Å²) in [5, 5.41) is 19.7. The Balaban J connectivity index is 1.37. The number of carbonyl (C=O) groups excluding carboxylic acids is 1. The Morgan fingerprint density at radius 3 is 2.73 bits per heavy atom. The summed E-state index contributed by atoms with van der Waals surface area (Å²) in [4.78, 5) is 30.9. The highest BCUT2D eigenvalue weighted by Crippen LogP contribution is 2.21. The normalized spacial score (nSPS) is 10.5. The van der Waals surface area contributed by atoms with E-state index in [4.69, 9.17) is 0 Å². The third-order valence-electron chi connectivity index (χ3n) is 4.26. The summed E-state index contributed by atoms with van der Waals surface area (Å²) in [5.74, 6) is -0.176. The average Bonchev–Trinajstić information content (AvgIpc) is 2.78. The van der Waals surface area contributed by atoms with Crippen molar-refractivity contribution in [2.24, 2.45) is 0 Å². The summed E-state index contributed by atoms with van der Waals surface area (Å²) in [7, 11) is 0. The fourth-order valence-electron chi connectivity index (χ4n) is 2.83. The number of non-ortho nitro benzene ring substituents is 1. The second-order valence-corrected chi connectivity index (χ2v) is 6.35. The number of nitrogens with one attached hydrogen (secondary N) is 2. The minimum Gasteiger partial charge on any atom is -0.273 e. The number of carbonyl (C=O) groups is 1. The molecule has 0 aliphatic rings. The lowest BCUT2D eigenvalue weighted by molar-refractivity contribution is -0.384. The predicted octanol–water partition coefficient (Wildman–Crippen LogP) is 2.68. The first-order chi connectivity index (χ1) is 14.6. The van der Waals surface area contributed by atoms with E-state index in [2.05, 4.69) is 31.0 Å². The topological polar surface area (TPSA) is 136 Å². The Morgan fingerprint density at radius 1 is 1.03 bits per heavy atom. The smallest absolute Gasteiger partial charge is 0.270 e. The molecule has 0 fully saturated rings. The van der Waals surface area contributed by atoms with Crippen LogP contribution in [0.25, 0.3) is 22.2 Å². The zero-order valence-electron chi connectivity index (χ0n) is 15.5. The molecule has 0 aliphatic carbocycles. The molecule has 0 spiro atoms. The van der Waals surface area contributed by atoms with Gasteiger partial charge in [0.1, 0.15) is 5.69 Å². The van der Waals surface area contributed by atoms with Crippen LogP contribution in [0.15, 0.2) is 67.0 Å². The van der Waals surface area contributed by atoms with Gasteiger partial charge in [-0.3, -0.25) is 30.7 Å². The number of nitrogens with zero attached hydrogens (tertiary/aromatic N) is 5. The summed E-state index contributed by atoms with van der Waals surface area (Å²) in [6.45, 7) is 0. The maximum atomic E-state index is 12.2. The van der Waals surface area contributed by atoms with Gasteiger partial charge in [0.05, 0.1) is 23.1 Å². The Hall–Kier alpha value is -4.47. The van der Waals surface area contributed by atoms with Gasteiger partial charge in [-0.25, -0.2) is 4.98 Å². The number of anilines is 1. The van der Waals surface area contributed by atoms with Crippen LogP contribution in [0, 0.1) is 10.1 Å². The Morgan fingerprint density at radius 2 is 1.93 bits per heavy atom. The van der Waals surface area contributed by atoms with Gasteiger partial charge in [-0.15, -0.1) is 10.2 Å². The van der Waals surface area contributed by atoms with Crippen molar-refractivity contribution in [3.05, 3.63) is 82.7 Å². The van der Waals surface area contributed by atoms with Crippen LogP contribution in [0.1, 0.15) is 5.56 Å². The highest BCUT2D eigenvalue weighted by atomic mass is 16.6. The molecular formula is C20H15N7O3. The zero-order valence-corrected chi connectivity index (χ0v) is 15.5. The molecule has 148 valence electrons. The molecule has 0 radical (unpaired) electrons. The average molecular weight is 401 g/mol. The quantitative estimate of drug-likeness (QED) is 0.372. The number of nitro benzene ring substituents is 1. The van der Waals surface area contributed by atoms with Crippen molar-refractivity contribution in [2.75, 3.05) is 5.43 Å². The number of rotatable bonds is 6. The molecule has 2 aromatic heterocycles. The first kappa shape index (κ1) is 18.9. The highest BCUT2D eigenvalue weighted by Gasteiger charge is 2.10. The SMILES string of the molecule is O=C(Cc1ccc2ncccc2c1)NNc1ncc(-c2cccc([N+](=O)[O-])c2)nn1. The summed E-state index contributed by atoms with van der Waals surface area (Å²) in [6.07, 6.45) is 3.30. The Kier molecular flexibility index (Phi) is 5.20. The van der Waals surface area contributed by atoms with Crippen LogP contribution in [-0.2, 0) is 11.2 Å². The maximum Gasteiger partial charge on any atom is 0.270 e. The number of amides is 1. The van der Waals surface area contributed by atoms with Crippen LogP contribution in [0.5, 0.6) is 0 Å². The summed E-state index contributed by atoms with van der Waals surface area (Å²) >= 11 is 0. The first-order valence-electron chi connectivity index (χ1n) is 8.91. The molecule has 0 saturated heterocycles. The van der Waals surface area contributed by atoms with Crippen molar-refractivity contribution in [1.82, 2.24) is 25.6 Å². The maximum absolute atomic E-state index is 12.2. The van der Waals surface area contributed by atoms with Gasteiger partial charge in [0.15, 0.2) is 0 Å². The number of fused-ring (bicyclic) bond motifs is 1. The van der Waals surface area contributed by atoms with Crippen molar-refractivity contribution in [3.63, 3.8) is 0 Å². The van der Waals surface area contributed by atoms with E-state index in [1.165, 1.54) is 18.3 Å². The van der Waals surface area contributed by atoms with Crippen molar-refractivity contribution < 1.29 is 9.72 Å². The number of hydrogen-bond donors (Lipinski definition) is 2. The lowest BCUT2D eigenvalue weighted by Crippen LogP contribution is -2.31. The third kappa shape index (κ3) is 4.33. The molecule has 4 aromatic rings. The van der Waals surface area contributed by atoms with Gasteiger partial charge in [0, 0.05) is 29.3 Å². The van der Waals surface area contributed by atoms with Gasteiger partial charge in [0.2, 0.25) is 5.91 Å². The van der Waals surface area contributed by atoms with Crippen molar-refractivity contribution in [3.8, 4) is 11.3 Å². The molecule has 0 saturated carbocycles. The molecule has 10 nitrogen and oxygen atoms in total. The standard InChI is InChI=1S/C20H15N7O3/c28-19(10-13-6-7-17-14(9-13)4-2-8-21-17)24-26-20-22-12-18(23-25-20)15-3-1-5-16(11-15)27(29)30/h1-9,11-12H,10H2,(H,24,28)(H,22,25,26). The van der Waals surface area contributed by atoms with Crippen molar-refractivity contribution in [2.45, 2.75) is 6.42 Å². The van der Waals surface area contributed by atoms with Crippen LogP contribution in [-0.4, -0.2) is 31.0 Å². The van der Waals surface area contributed by atoms with Crippen molar-refractivity contribution >= 4 is 28.4 Å². The van der Waals surface area contributed by atoms with Gasteiger partial charge in [-0.2, -0.15) is 0 Å². The lowest BCUT2D eigenvalue weighted by atomic mass is 10.1. The van der Waals surface area contributed by atoms with Crippen molar-refractivity contribution in [1.29, 1.82) is 0 Å². The van der Waals surface area contributed by atoms with Gasteiger partial charge in [-0.05, 0) is 23.8 Å². The van der Waals surface area contributed by atoms with Gasteiger partial charge >= 0.3 is 0 Å². The fraction of sp³-hybridized carbons (Fsp3) is 0.0500. The second kappa shape index (κ2) is 8.27. The number of hydrogen-bond acceptors (Lipinski definition) is 8. The van der Waals surface area contributed by atoms with Gasteiger partial charge in [0.25, 0.3) is 11.6 Å². The number of pyridine rings is 1. The van der Waals surface area contributed by atoms with Gasteiger partial charge in [-0.1, -0.05) is 24.3 Å². The molecule has 0 atom stereocenters. The van der Waals surface area contributed by atoms with E-state index in [0.717, 1.165) is 16.5 Å². The minimum atomic E-state index is -0.484. The van der Waals surface area contributed by atoms with Gasteiger partial charge < -0.3 is 0 Å². The lowest BCUT2D eigenvalue weighted by Gasteiger charge is -2.07. The number of hydrazine groups is 1. The van der Waals surface area contributed by atoms with E-state index in [1.54, 1.807) is 18.3 Å². The molecule has 1 amide bonds. The number of aromatic nitrogens is 4. The number of benzene rings is 2. The molecule has 2 aromatic carbocycles. The molecule has 30 heavy (non-hydrogen) atoms. The zero-order chi connectivity index (χ0) is 20.9. The van der Waals surface area contributed by atoms with E-state index in [0.29, 0.717) is 11.3 Å². The number of nitro groups is 1. The summed E-state index contributed by atoms with van der Waals surface area (Å²) in [5.41, 5.74) is 7.68. The van der Waals surface area contributed by atoms with Crippen LogP contribution in [0.3, 0.4) is 0 Å². The highest BCUT2D eigenvalue weighted by molar-refractivity contribution is 5.83. The van der Waals surface area contributed by atoms with E-state index < -0.39 is 4.92 Å². The minimum absolute atomic E-state index is 0.0479. The second-order valence-electron chi connectivity index (χ2n) is 6.35. The molecule has 0 aliphatic heterocycles. The fourth-order valence-corrected chi connectivity index (χ4v) is 2.83. The van der Waals surface area contributed by atoms with Crippen LogP contribution in [0.4, 0.5) is 11.6 Å². The molecule has 0 unspecified atom stereocenters.